The van der Waals surface area contributed by atoms with Crippen molar-refractivity contribution in [3.63, 3.8) is 0 Å². The molecule has 0 saturated heterocycles. The summed E-state index contributed by atoms with van der Waals surface area (Å²) in [5.41, 5.74) is 4.95. The van der Waals surface area contributed by atoms with Crippen molar-refractivity contribution in [1.82, 2.24) is 9.97 Å². The number of nitrogens with one attached hydrogen (secondary N) is 1. The molecule has 0 radical (unpaired) electrons. The number of carbonyl (C=O) groups is 1. The molecule has 3 aromatic rings. The summed E-state index contributed by atoms with van der Waals surface area (Å²) in [6.07, 6.45) is 1.83. The normalized spacial score (nSPS) is 11.3. The standard InChI is InChI=1S/C19H18N4O2/c1-2-25-19(24)17(12-14-8-4-3-5-9-14)22-23-18-15-10-6-7-11-16(15)20-13-21-18/h3-11,13H,2,12H2,1H3,(H,20,21,23). The fourth-order valence-corrected chi connectivity index (χ4v) is 2.38. The van der Waals surface area contributed by atoms with Crippen LogP contribution in [0.4, 0.5) is 5.82 Å². The molecular formula is C19H18N4O2. The number of carbonyl (C=O) groups excluding carboxylic acids is 1. The maximum absolute atomic E-state index is 12.2. The number of para-hydroxylation sites is 1. The van der Waals surface area contributed by atoms with E-state index in [1.165, 1.54) is 6.33 Å². The topological polar surface area (TPSA) is 76.5 Å². The third kappa shape index (κ3) is 4.17. The lowest BCUT2D eigenvalue weighted by molar-refractivity contribution is -0.135. The van der Waals surface area contributed by atoms with Gasteiger partial charge in [-0.05, 0) is 24.6 Å². The van der Waals surface area contributed by atoms with Gasteiger partial charge in [0.05, 0.1) is 12.1 Å². The summed E-state index contributed by atoms with van der Waals surface area (Å²) in [7, 11) is 0. The lowest BCUT2D eigenvalue weighted by Gasteiger charge is -2.08. The van der Waals surface area contributed by atoms with E-state index in [0.717, 1.165) is 16.5 Å². The maximum atomic E-state index is 12.2. The van der Waals surface area contributed by atoms with E-state index in [-0.39, 0.29) is 5.71 Å². The number of ether oxygens (including phenoxy) is 1. The van der Waals surface area contributed by atoms with Crippen LogP contribution < -0.4 is 5.43 Å². The van der Waals surface area contributed by atoms with E-state index in [1.54, 1.807) is 6.92 Å². The summed E-state index contributed by atoms with van der Waals surface area (Å²) in [5.74, 6) is 0.0951. The minimum absolute atomic E-state index is 0.288. The van der Waals surface area contributed by atoms with Crippen LogP contribution in [0.1, 0.15) is 12.5 Å². The predicted octanol–water partition coefficient (Wildman–Crippen LogP) is 3.20. The van der Waals surface area contributed by atoms with Crippen molar-refractivity contribution in [1.29, 1.82) is 0 Å². The first-order valence-corrected chi connectivity index (χ1v) is 8.01. The second kappa shape index (κ2) is 8.01. The number of aromatic nitrogens is 2. The Hall–Kier alpha value is -3.28. The van der Waals surface area contributed by atoms with Gasteiger partial charge in [0, 0.05) is 11.8 Å². The zero-order chi connectivity index (χ0) is 17.5. The summed E-state index contributed by atoms with van der Waals surface area (Å²) >= 11 is 0. The van der Waals surface area contributed by atoms with E-state index in [1.807, 2.05) is 54.6 Å². The molecule has 0 unspecified atom stereocenters. The number of nitrogens with zero attached hydrogens (tertiary/aromatic N) is 3. The monoisotopic (exact) mass is 334 g/mol. The highest BCUT2D eigenvalue weighted by Gasteiger charge is 2.14. The van der Waals surface area contributed by atoms with Crippen molar-refractivity contribution < 1.29 is 9.53 Å². The highest BCUT2D eigenvalue weighted by molar-refractivity contribution is 6.37. The minimum Gasteiger partial charge on any atom is -0.461 e. The third-order valence-electron chi connectivity index (χ3n) is 3.57. The van der Waals surface area contributed by atoms with Gasteiger partial charge >= 0.3 is 5.97 Å². The number of rotatable bonds is 6. The molecule has 0 fully saturated rings. The molecule has 0 aliphatic rings. The average Bonchev–Trinajstić information content (AvgIpc) is 2.66. The molecular weight excluding hydrogens is 316 g/mol. The van der Waals surface area contributed by atoms with Crippen molar-refractivity contribution in [2.75, 3.05) is 12.0 Å². The molecule has 1 N–H and O–H groups in total. The number of anilines is 1. The van der Waals surface area contributed by atoms with Crippen LogP contribution in [-0.2, 0) is 16.0 Å². The summed E-state index contributed by atoms with van der Waals surface area (Å²) < 4.78 is 5.11. The summed E-state index contributed by atoms with van der Waals surface area (Å²) in [6.45, 7) is 2.06. The van der Waals surface area contributed by atoms with Crippen molar-refractivity contribution in [2.24, 2.45) is 5.10 Å². The van der Waals surface area contributed by atoms with Gasteiger partial charge in [-0.2, -0.15) is 5.10 Å². The Morgan fingerprint density at radius 3 is 2.64 bits per heavy atom. The van der Waals surface area contributed by atoms with E-state index in [0.29, 0.717) is 18.8 Å². The zero-order valence-corrected chi connectivity index (χ0v) is 13.8. The van der Waals surface area contributed by atoms with E-state index < -0.39 is 5.97 Å². The molecule has 25 heavy (non-hydrogen) atoms. The zero-order valence-electron chi connectivity index (χ0n) is 13.8. The van der Waals surface area contributed by atoms with Crippen molar-refractivity contribution >= 4 is 28.4 Å². The Morgan fingerprint density at radius 1 is 1.08 bits per heavy atom. The van der Waals surface area contributed by atoms with E-state index in [9.17, 15) is 4.79 Å². The fraction of sp³-hybridized carbons (Fsp3) is 0.158. The fourth-order valence-electron chi connectivity index (χ4n) is 2.38. The molecule has 0 aliphatic carbocycles. The Labute approximate surface area is 145 Å². The van der Waals surface area contributed by atoms with Crippen LogP contribution in [0.15, 0.2) is 66.0 Å². The smallest absolute Gasteiger partial charge is 0.354 e. The highest BCUT2D eigenvalue weighted by Crippen LogP contribution is 2.18. The largest absolute Gasteiger partial charge is 0.461 e. The van der Waals surface area contributed by atoms with Crippen LogP contribution in [0.3, 0.4) is 0 Å². The highest BCUT2D eigenvalue weighted by atomic mass is 16.5. The summed E-state index contributed by atoms with van der Waals surface area (Å²) in [6, 6.07) is 17.2. The molecule has 2 aromatic carbocycles. The first-order chi connectivity index (χ1) is 12.3. The molecule has 0 amide bonds. The number of fused-ring (bicyclic) bond motifs is 1. The average molecular weight is 334 g/mol. The molecule has 0 aliphatic heterocycles. The van der Waals surface area contributed by atoms with Crippen molar-refractivity contribution in [3.05, 3.63) is 66.5 Å². The predicted molar refractivity (Wildman–Crippen MR) is 97.4 cm³/mol. The second-order valence-corrected chi connectivity index (χ2v) is 5.29. The van der Waals surface area contributed by atoms with Gasteiger partial charge in [-0.25, -0.2) is 14.8 Å². The number of hydrogen-bond donors (Lipinski definition) is 1. The number of hydrazone groups is 1. The third-order valence-corrected chi connectivity index (χ3v) is 3.57. The van der Waals surface area contributed by atoms with Gasteiger partial charge in [-0.15, -0.1) is 0 Å². The van der Waals surface area contributed by atoms with Gasteiger partial charge in [0.1, 0.15) is 12.0 Å². The second-order valence-electron chi connectivity index (χ2n) is 5.29. The molecule has 1 heterocycles. The van der Waals surface area contributed by atoms with Gasteiger partial charge in [0.2, 0.25) is 0 Å². The molecule has 126 valence electrons. The van der Waals surface area contributed by atoms with E-state index >= 15 is 0 Å². The van der Waals surface area contributed by atoms with Crippen LogP contribution in [0.25, 0.3) is 10.9 Å². The SMILES string of the molecule is CCOC(=O)C(Cc1ccccc1)=NNc1ncnc2ccccc12. The Morgan fingerprint density at radius 2 is 1.84 bits per heavy atom. The molecule has 0 atom stereocenters. The minimum atomic E-state index is -0.447. The van der Waals surface area contributed by atoms with Crippen molar-refractivity contribution in [2.45, 2.75) is 13.3 Å². The summed E-state index contributed by atoms with van der Waals surface area (Å²) in [5, 5.41) is 5.09. The number of benzene rings is 2. The first-order valence-electron chi connectivity index (χ1n) is 8.01. The molecule has 0 saturated carbocycles. The van der Waals surface area contributed by atoms with Gasteiger partial charge in [0.25, 0.3) is 0 Å². The van der Waals surface area contributed by atoms with Crippen LogP contribution in [0.5, 0.6) is 0 Å². The Kier molecular flexibility index (Phi) is 5.31. The molecule has 3 rings (SSSR count). The Balaban J connectivity index is 1.88. The first kappa shape index (κ1) is 16.6. The van der Waals surface area contributed by atoms with Crippen molar-refractivity contribution in [3.8, 4) is 0 Å². The molecule has 0 bridgehead atoms. The molecule has 6 nitrogen and oxygen atoms in total. The molecule has 1 aromatic heterocycles. The summed E-state index contributed by atoms with van der Waals surface area (Å²) in [4.78, 5) is 20.6. The van der Waals surface area contributed by atoms with Crippen LogP contribution in [0, 0.1) is 0 Å². The maximum Gasteiger partial charge on any atom is 0.354 e. The lowest BCUT2D eigenvalue weighted by Crippen LogP contribution is -2.21. The number of hydrogen-bond acceptors (Lipinski definition) is 6. The van der Waals surface area contributed by atoms with Gasteiger partial charge in [0.15, 0.2) is 5.82 Å². The van der Waals surface area contributed by atoms with Gasteiger partial charge < -0.3 is 4.74 Å². The lowest BCUT2D eigenvalue weighted by atomic mass is 10.1. The van der Waals surface area contributed by atoms with Crippen LogP contribution in [-0.4, -0.2) is 28.3 Å². The Bertz CT molecular complexity index is 889. The molecule has 0 spiro atoms. The van der Waals surface area contributed by atoms with Gasteiger partial charge in [-0.1, -0.05) is 42.5 Å². The van der Waals surface area contributed by atoms with Crippen LogP contribution >= 0.6 is 0 Å². The van der Waals surface area contributed by atoms with E-state index in [4.69, 9.17) is 4.74 Å². The number of esters is 1. The molecule has 6 heteroatoms. The van der Waals surface area contributed by atoms with Gasteiger partial charge in [-0.3, -0.25) is 5.43 Å². The van der Waals surface area contributed by atoms with E-state index in [2.05, 4.69) is 20.5 Å². The van der Waals surface area contributed by atoms with Crippen LogP contribution in [0.2, 0.25) is 0 Å². The quantitative estimate of drug-likeness (QED) is 0.425.